The first-order valence-corrected chi connectivity index (χ1v) is 10.2. The van der Waals surface area contributed by atoms with Crippen LogP contribution in [-0.4, -0.2) is 19.0 Å². The van der Waals surface area contributed by atoms with Crippen LogP contribution in [0.1, 0.15) is 16.7 Å². The van der Waals surface area contributed by atoms with Crippen LogP contribution in [0.4, 0.5) is 4.39 Å². The summed E-state index contributed by atoms with van der Waals surface area (Å²) in [6.07, 6.45) is 1.57. The molecule has 32 heavy (non-hydrogen) atoms. The normalized spacial score (nSPS) is 14.3. The van der Waals surface area contributed by atoms with Crippen molar-refractivity contribution >= 4 is 41.1 Å². The molecule has 0 N–H and O–H groups in total. The molecule has 0 spiro atoms. The van der Waals surface area contributed by atoms with E-state index in [0.29, 0.717) is 32.7 Å². The second kappa shape index (κ2) is 9.42. The average Bonchev–Trinajstić information content (AvgIpc) is 3.14. The average molecular weight is 472 g/mol. The van der Waals surface area contributed by atoms with Crippen LogP contribution < -0.4 is 9.47 Å². The van der Waals surface area contributed by atoms with Gasteiger partial charge < -0.3 is 14.2 Å². The molecular weight excluding hydrogens is 456 g/mol. The van der Waals surface area contributed by atoms with E-state index < -0.39 is 5.97 Å². The van der Waals surface area contributed by atoms with E-state index in [-0.39, 0.29) is 24.0 Å². The number of hydrogen-bond acceptors (Lipinski definition) is 5. The van der Waals surface area contributed by atoms with E-state index >= 15 is 0 Å². The Hall–Kier alpha value is -3.35. The van der Waals surface area contributed by atoms with Gasteiger partial charge in [0.05, 0.1) is 7.11 Å². The van der Waals surface area contributed by atoms with Gasteiger partial charge in [-0.15, -0.1) is 0 Å². The summed E-state index contributed by atoms with van der Waals surface area (Å²) in [4.78, 5) is 16.4. The minimum absolute atomic E-state index is 0.119. The van der Waals surface area contributed by atoms with Crippen molar-refractivity contribution < 1.29 is 23.4 Å². The van der Waals surface area contributed by atoms with Crippen LogP contribution in [0.25, 0.3) is 6.08 Å². The van der Waals surface area contributed by atoms with Gasteiger partial charge >= 0.3 is 5.97 Å². The van der Waals surface area contributed by atoms with E-state index in [4.69, 9.17) is 37.4 Å². The molecule has 3 aromatic carbocycles. The Morgan fingerprint density at radius 2 is 1.81 bits per heavy atom. The third-order valence-corrected chi connectivity index (χ3v) is 5.19. The number of cyclic esters (lactones) is 1. The van der Waals surface area contributed by atoms with Crippen LogP contribution in [0, 0.1) is 5.82 Å². The molecule has 1 heterocycles. The van der Waals surface area contributed by atoms with Crippen LogP contribution in [0.15, 0.2) is 71.4 Å². The maximum Gasteiger partial charge on any atom is 0.363 e. The van der Waals surface area contributed by atoms with Crippen molar-refractivity contribution in [1.82, 2.24) is 0 Å². The first-order chi connectivity index (χ1) is 15.4. The number of hydrogen-bond donors (Lipinski definition) is 0. The zero-order valence-corrected chi connectivity index (χ0v) is 18.3. The lowest BCUT2D eigenvalue weighted by molar-refractivity contribution is -0.129. The Morgan fingerprint density at radius 1 is 1.03 bits per heavy atom. The fraction of sp³-hybridized carbons (Fsp3) is 0.0833. The summed E-state index contributed by atoms with van der Waals surface area (Å²) in [6, 6.07) is 15.9. The summed E-state index contributed by atoms with van der Waals surface area (Å²) in [5.74, 6) is 0.111. The first kappa shape index (κ1) is 21.9. The summed E-state index contributed by atoms with van der Waals surface area (Å²) in [5, 5.41) is 1.05. The predicted octanol–water partition coefficient (Wildman–Crippen LogP) is 6.06. The Kier molecular flexibility index (Phi) is 6.44. The highest BCUT2D eigenvalue weighted by Crippen LogP contribution is 2.31. The van der Waals surface area contributed by atoms with Crippen molar-refractivity contribution in [3.05, 3.63) is 98.9 Å². The summed E-state index contributed by atoms with van der Waals surface area (Å²) in [5.41, 5.74) is 2.06. The molecule has 1 aliphatic rings. The zero-order chi connectivity index (χ0) is 22.7. The van der Waals surface area contributed by atoms with Gasteiger partial charge in [0.25, 0.3) is 0 Å². The van der Waals surface area contributed by atoms with Crippen molar-refractivity contribution in [3.63, 3.8) is 0 Å². The fourth-order valence-corrected chi connectivity index (χ4v) is 3.43. The second-order valence-corrected chi connectivity index (χ2v) is 7.62. The van der Waals surface area contributed by atoms with Gasteiger partial charge in [-0.2, -0.15) is 0 Å². The van der Waals surface area contributed by atoms with Crippen LogP contribution >= 0.6 is 23.2 Å². The van der Waals surface area contributed by atoms with Crippen LogP contribution in [0.3, 0.4) is 0 Å². The van der Waals surface area contributed by atoms with Gasteiger partial charge in [0.15, 0.2) is 17.2 Å². The monoisotopic (exact) mass is 471 g/mol. The summed E-state index contributed by atoms with van der Waals surface area (Å²) >= 11 is 12.1. The maximum absolute atomic E-state index is 13.1. The molecule has 1 aliphatic heterocycles. The van der Waals surface area contributed by atoms with E-state index in [2.05, 4.69) is 4.99 Å². The molecule has 0 amide bonds. The van der Waals surface area contributed by atoms with E-state index in [9.17, 15) is 9.18 Å². The molecule has 8 heteroatoms. The summed E-state index contributed by atoms with van der Waals surface area (Å²) in [7, 11) is 1.52. The van der Waals surface area contributed by atoms with Gasteiger partial charge in [-0.3, -0.25) is 0 Å². The van der Waals surface area contributed by atoms with Gasteiger partial charge in [-0.25, -0.2) is 14.2 Å². The molecule has 0 radical (unpaired) electrons. The standard InChI is InChI=1S/C24H16Cl2FNO4/c1-30-22-11-14(2-9-21(22)31-13-16-3-6-17(25)12-19(16)26)10-20-24(29)32-23(28-20)15-4-7-18(27)8-5-15/h2-12H,13H2,1H3/b20-10+. The molecule has 0 saturated heterocycles. The fourth-order valence-electron chi connectivity index (χ4n) is 2.97. The number of carbonyl (C=O) groups is 1. The molecule has 4 rings (SSSR count). The third kappa shape index (κ3) is 4.93. The van der Waals surface area contributed by atoms with Gasteiger partial charge in [-0.05, 0) is 60.2 Å². The number of nitrogens with zero attached hydrogens (tertiary/aromatic N) is 1. The number of methoxy groups -OCH3 is 1. The van der Waals surface area contributed by atoms with Gasteiger partial charge in [0, 0.05) is 21.2 Å². The van der Waals surface area contributed by atoms with Crippen molar-refractivity contribution in [1.29, 1.82) is 0 Å². The van der Waals surface area contributed by atoms with E-state index in [1.807, 2.05) is 0 Å². The molecule has 0 fully saturated rings. The number of ether oxygens (including phenoxy) is 3. The quantitative estimate of drug-likeness (QED) is 0.323. The van der Waals surface area contributed by atoms with Gasteiger partial charge in [0.1, 0.15) is 12.4 Å². The Morgan fingerprint density at radius 3 is 2.53 bits per heavy atom. The van der Waals surface area contributed by atoms with Crippen LogP contribution in [-0.2, 0) is 16.1 Å². The van der Waals surface area contributed by atoms with E-state index in [0.717, 1.165) is 5.56 Å². The van der Waals surface area contributed by atoms with Gasteiger partial charge in [0.2, 0.25) is 5.90 Å². The Labute approximate surface area is 193 Å². The maximum atomic E-state index is 13.1. The predicted molar refractivity (Wildman–Crippen MR) is 121 cm³/mol. The van der Waals surface area contributed by atoms with Crippen LogP contribution in [0.2, 0.25) is 10.0 Å². The number of carbonyl (C=O) groups excluding carboxylic acids is 1. The van der Waals surface area contributed by atoms with E-state index in [1.54, 1.807) is 42.5 Å². The molecule has 162 valence electrons. The number of rotatable bonds is 6. The largest absolute Gasteiger partial charge is 0.493 e. The van der Waals surface area contributed by atoms with Crippen molar-refractivity contribution in [2.75, 3.05) is 7.11 Å². The number of benzene rings is 3. The molecule has 0 unspecified atom stereocenters. The van der Waals surface area contributed by atoms with E-state index in [1.165, 1.54) is 31.4 Å². The zero-order valence-electron chi connectivity index (χ0n) is 16.8. The van der Waals surface area contributed by atoms with Crippen molar-refractivity contribution in [2.45, 2.75) is 6.61 Å². The van der Waals surface area contributed by atoms with Crippen LogP contribution in [0.5, 0.6) is 11.5 Å². The van der Waals surface area contributed by atoms with Crippen molar-refractivity contribution in [3.8, 4) is 11.5 Å². The number of aliphatic imine (C=N–C) groups is 1. The van der Waals surface area contributed by atoms with Gasteiger partial charge in [-0.1, -0.05) is 35.3 Å². The smallest absolute Gasteiger partial charge is 0.363 e. The molecule has 5 nitrogen and oxygen atoms in total. The number of esters is 1. The lowest BCUT2D eigenvalue weighted by Crippen LogP contribution is -2.05. The minimum Gasteiger partial charge on any atom is -0.493 e. The highest BCUT2D eigenvalue weighted by molar-refractivity contribution is 6.35. The Bertz CT molecular complexity index is 1240. The molecule has 0 atom stereocenters. The molecule has 0 saturated carbocycles. The summed E-state index contributed by atoms with van der Waals surface area (Å²) in [6.45, 7) is 0.227. The Balaban J connectivity index is 1.53. The minimum atomic E-state index is -0.596. The highest BCUT2D eigenvalue weighted by Gasteiger charge is 2.24. The lowest BCUT2D eigenvalue weighted by atomic mass is 10.1. The molecule has 0 aliphatic carbocycles. The molecule has 0 bridgehead atoms. The first-order valence-electron chi connectivity index (χ1n) is 9.46. The topological polar surface area (TPSA) is 57.1 Å². The highest BCUT2D eigenvalue weighted by atomic mass is 35.5. The second-order valence-electron chi connectivity index (χ2n) is 6.78. The molecule has 3 aromatic rings. The molecular formula is C24H16Cl2FNO4. The molecule has 0 aromatic heterocycles. The van der Waals surface area contributed by atoms with Crippen molar-refractivity contribution in [2.24, 2.45) is 4.99 Å². The lowest BCUT2D eigenvalue weighted by Gasteiger charge is -2.12. The SMILES string of the molecule is COc1cc(/C=C2/N=C(c3ccc(F)cc3)OC2=O)ccc1OCc1ccc(Cl)cc1Cl. The third-order valence-electron chi connectivity index (χ3n) is 4.60. The summed E-state index contributed by atoms with van der Waals surface area (Å²) < 4.78 is 29.6. The number of halogens is 3.